The summed E-state index contributed by atoms with van der Waals surface area (Å²) in [5.41, 5.74) is 3.55. The summed E-state index contributed by atoms with van der Waals surface area (Å²) < 4.78 is 7.97. The molecule has 114 valence electrons. The van der Waals surface area contributed by atoms with Crippen LogP contribution in [0.2, 0.25) is 0 Å². The summed E-state index contributed by atoms with van der Waals surface area (Å²) >= 11 is 0. The summed E-state index contributed by atoms with van der Waals surface area (Å²) in [4.78, 5) is 4.30. The predicted molar refractivity (Wildman–Crippen MR) is 85.6 cm³/mol. The fourth-order valence-electron chi connectivity index (χ4n) is 2.19. The highest BCUT2D eigenvalue weighted by Crippen LogP contribution is 2.13. The number of aromatic nitrogens is 2. The summed E-state index contributed by atoms with van der Waals surface area (Å²) in [5.74, 6) is 0.931. The zero-order valence-electron chi connectivity index (χ0n) is 13.2. The van der Waals surface area contributed by atoms with Crippen molar-refractivity contribution in [1.82, 2.24) is 14.9 Å². The summed E-state index contributed by atoms with van der Waals surface area (Å²) in [5, 5.41) is 3.40. The van der Waals surface area contributed by atoms with Crippen LogP contribution in [0.25, 0.3) is 0 Å². The lowest BCUT2D eigenvalue weighted by atomic mass is 10.2. The van der Waals surface area contributed by atoms with Crippen LogP contribution in [0.4, 0.5) is 0 Å². The molecule has 0 radical (unpaired) electrons. The standard InChI is InChI=1S/C17H25N3O/c1-4-8-18-12-16-6-5-7-17(11-16)21-10-9-20-13-19-14(2)15(20)3/h5-7,11,13,18H,4,8-10,12H2,1-3H3. The van der Waals surface area contributed by atoms with E-state index in [1.807, 2.05) is 25.4 Å². The number of ether oxygens (including phenoxy) is 1. The van der Waals surface area contributed by atoms with Crippen molar-refractivity contribution < 1.29 is 4.74 Å². The monoisotopic (exact) mass is 287 g/mol. The molecular weight excluding hydrogens is 262 g/mol. The van der Waals surface area contributed by atoms with Crippen molar-refractivity contribution in [3.63, 3.8) is 0 Å². The molecule has 0 aliphatic heterocycles. The average molecular weight is 287 g/mol. The Morgan fingerprint density at radius 1 is 1.29 bits per heavy atom. The van der Waals surface area contributed by atoms with Crippen molar-refractivity contribution in [2.45, 2.75) is 40.3 Å². The first-order chi connectivity index (χ1) is 10.2. The number of nitrogens with zero attached hydrogens (tertiary/aromatic N) is 2. The quantitative estimate of drug-likeness (QED) is 0.758. The van der Waals surface area contributed by atoms with Gasteiger partial charge in [0.2, 0.25) is 0 Å². The number of aryl methyl sites for hydroxylation is 1. The zero-order valence-corrected chi connectivity index (χ0v) is 13.2. The van der Waals surface area contributed by atoms with Gasteiger partial charge in [-0.15, -0.1) is 0 Å². The Bertz CT molecular complexity index is 563. The van der Waals surface area contributed by atoms with Crippen LogP contribution in [0.3, 0.4) is 0 Å². The molecule has 1 aromatic carbocycles. The van der Waals surface area contributed by atoms with Crippen LogP contribution in [0.1, 0.15) is 30.3 Å². The molecular formula is C17H25N3O. The van der Waals surface area contributed by atoms with Crippen molar-refractivity contribution in [3.05, 3.63) is 47.5 Å². The number of hydrogen-bond donors (Lipinski definition) is 1. The third kappa shape index (κ3) is 4.60. The van der Waals surface area contributed by atoms with Crippen molar-refractivity contribution in [2.75, 3.05) is 13.2 Å². The lowest BCUT2D eigenvalue weighted by molar-refractivity contribution is 0.297. The van der Waals surface area contributed by atoms with E-state index >= 15 is 0 Å². The lowest BCUT2D eigenvalue weighted by Crippen LogP contribution is -2.14. The Morgan fingerprint density at radius 2 is 2.14 bits per heavy atom. The van der Waals surface area contributed by atoms with Crippen LogP contribution in [-0.2, 0) is 13.1 Å². The van der Waals surface area contributed by atoms with Gasteiger partial charge in [0, 0.05) is 12.2 Å². The van der Waals surface area contributed by atoms with E-state index in [4.69, 9.17) is 4.74 Å². The molecule has 1 N–H and O–H groups in total. The van der Waals surface area contributed by atoms with E-state index in [9.17, 15) is 0 Å². The molecule has 0 fully saturated rings. The molecule has 0 aliphatic carbocycles. The molecule has 1 heterocycles. The van der Waals surface area contributed by atoms with Crippen molar-refractivity contribution in [1.29, 1.82) is 0 Å². The molecule has 2 aromatic rings. The van der Waals surface area contributed by atoms with Crippen molar-refractivity contribution >= 4 is 0 Å². The average Bonchev–Trinajstić information content (AvgIpc) is 2.80. The van der Waals surface area contributed by atoms with E-state index in [1.165, 1.54) is 11.3 Å². The van der Waals surface area contributed by atoms with Gasteiger partial charge in [-0.3, -0.25) is 0 Å². The Kier molecular flexibility index (Phi) is 5.81. The van der Waals surface area contributed by atoms with Crippen LogP contribution in [0, 0.1) is 13.8 Å². The first kappa shape index (κ1) is 15.6. The second-order valence-electron chi connectivity index (χ2n) is 5.28. The maximum Gasteiger partial charge on any atom is 0.119 e. The molecule has 21 heavy (non-hydrogen) atoms. The first-order valence-corrected chi connectivity index (χ1v) is 7.61. The molecule has 1 aromatic heterocycles. The number of benzene rings is 1. The number of imidazole rings is 1. The molecule has 4 nitrogen and oxygen atoms in total. The fraction of sp³-hybridized carbons (Fsp3) is 0.471. The Hall–Kier alpha value is -1.81. The molecule has 0 saturated heterocycles. The van der Waals surface area contributed by atoms with Gasteiger partial charge in [-0.05, 0) is 44.5 Å². The van der Waals surface area contributed by atoms with Gasteiger partial charge in [0.25, 0.3) is 0 Å². The number of nitrogens with one attached hydrogen (secondary N) is 1. The highest BCUT2D eigenvalue weighted by Gasteiger charge is 2.02. The van der Waals surface area contributed by atoms with E-state index in [1.54, 1.807) is 0 Å². The minimum absolute atomic E-state index is 0.655. The molecule has 0 amide bonds. The fourth-order valence-corrected chi connectivity index (χ4v) is 2.19. The first-order valence-electron chi connectivity index (χ1n) is 7.61. The lowest BCUT2D eigenvalue weighted by Gasteiger charge is -2.10. The van der Waals surface area contributed by atoms with E-state index in [2.05, 4.69) is 40.8 Å². The van der Waals surface area contributed by atoms with Gasteiger partial charge in [0.05, 0.1) is 18.6 Å². The Labute approximate surface area is 127 Å². The number of hydrogen-bond acceptors (Lipinski definition) is 3. The second-order valence-corrected chi connectivity index (χ2v) is 5.28. The molecule has 2 rings (SSSR count). The second kappa shape index (κ2) is 7.84. The zero-order chi connectivity index (χ0) is 15.1. The van der Waals surface area contributed by atoms with Crippen LogP contribution in [-0.4, -0.2) is 22.7 Å². The van der Waals surface area contributed by atoms with E-state index in [0.29, 0.717) is 6.61 Å². The Morgan fingerprint density at radius 3 is 2.86 bits per heavy atom. The molecule has 0 aliphatic rings. The van der Waals surface area contributed by atoms with Gasteiger partial charge in [-0.25, -0.2) is 4.98 Å². The normalized spacial score (nSPS) is 10.8. The minimum atomic E-state index is 0.655. The van der Waals surface area contributed by atoms with Crippen LogP contribution in [0.15, 0.2) is 30.6 Å². The number of rotatable bonds is 8. The van der Waals surface area contributed by atoms with Gasteiger partial charge in [-0.2, -0.15) is 0 Å². The van der Waals surface area contributed by atoms with Crippen LogP contribution in [0.5, 0.6) is 5.75 Å². The minimum Gasteiger partial charge on any atom is -0.492 e. The van der Waals surface area contributed by atoms with E-state index in [0.717, 1.165) is 37.5 Å². The maximum atomic E-state index is 5.84. The highest BCUT2D eigenvalue weighted by molar-refractivity contribution is 5.28. The van der Waals surface area contributed by atoms with Crippen LogP contribution < -0.4 is 10.1 Å². The molecule has 0 spiro atoms. The Balaban J connectivity index is 1.82. The third-order valence-electron chi connectivity index (χ3n) is 3.60. The highest BCUT2D eigenvalue weighted by atomic mass is 16.5. The summed E-state index contributed by atoms with van der Waals surface area (Å²) in [6.45, 7) is 9.71. The molecule has 0 bridgehead atoms. The van der Waals surface area contributed by atoms with Crippen molar-refractivity contribution in [3.8, 4) is 5.75 Å². The molecule has 0 unspecified atom stereocenters. The van der Waals surface area contributed by atoms with Gasteiger partial charge < -0.3 is 14.6 Å². The van der Waals surface area contributed by atoms with Gasteiger partial charge >= 0.3 is 0 Å². The molecule has 4 heteroatoms. The summed E-state index contributed by atoms with van der Waals surface area (Å²) in [6.07, 6.45) is 3.03. The van der Waals surface area contributed by atoms with Gasteiger partial charge in [0.1, 0.15) is 12.4 Å². The smallest absolute Gasteiger partial charge is 0.119 e. The summed E-state index contributed by atoms with van der Waals surface area (Å²) in [7, 11) is 0. The third-order valence-corrected chi connectivity index (χ3v) is 3.60. The van der Waals surface area contributed by atoms with E-state index in [-0.39, 0.29) is 0 Å². The molecule has 0 atom stereocenters. The van der Waals surface area contributed by atoms with E-state index < -0.39 is 0 Å². The SMILES string of the molecule is CCCNCc1cccc(OCCn2cnc(C)c2C)c1. The molecule has 0 saturated carbocycles. The van der Waals surface area contributed by atoms with Gasteiger partial charge in [-0.1, -0.05) is 19.1 Å². The topological polar surface area (TPSA) is 39.1 Å². The largest absolute Gasteiger partial charge is 0.492 e. The van der Waals surface area contributed by atoms with Crippen LogP contribution >= 0.6 is 0 Å². The van der Waals surface area contributed by atoms with Gasteiger partial charge in [0.15, 0.2) is 0 Å². The maximum absolute atomic E-state index is 5.84. The predicted octanol–water partition coefficient (Wildman–Crippen LogP) is 3.08. The summed E-state index contributed by atoms with van der Waals surface area (Å²) in [6, 6.07) is 8.29. The van der Waals surface area contributed by atoms with Crippen molar-refractivity contribution in [2.24, 2.45) is 0 Å².